The molecule has 2 N–H and O–H groups in total. The molecule has 0 saturated heterocycles. The first-order valence-electron chi connectivity index (χ1n) is 5.32. The van der Waals surface area contributed by atoms with Gasteiger partial charge in [0.1, 0.15) is 12.3 Å². The molecule has 6 heteroatoms. The lowest BCUT2D eigenvalue weighted by molar-refractivity contribution is -0.137. The lowest BCUT2D eigenvalue weighted by atomic mass is 9.86. The van der Waals surface area contributed by atoms with Gasteiger partial charge < -0.3 is 15.1 Å². The average Bonchev–Trinajstić information content (AvgIpc) is 2.42. The third-order valence-electron chi connectivity index (χ3n) is 3.10. The molecule has 2 rings (SSSR count). The number of phenolic OH excluding ortho intramolecular Hbond substituents is 1. The Morgan fingerprint density at radius 2 is 2.06 bits per heavy atom. The molecule has 0 atom stereocenters. The quantitative estimate of drug-likeness (QED) is 0.873. The molecule has 0 unspecified atom stereocenters. The van der Waals surface area contributed by atoms with Crippen molar-refractivity contribution in [2.45, 2.75) is 19.3 Å². The number of carboxylic acids is 1. The fourth-order valence-electron chi connectivity index (χ4n) is 2.13. The van der Waals surface area contributed by atoms with Crippen LogP contribution >= 0.6 is 15.9 Å². The summed E-state index contributed by atoms with van der Waals surface area (Å²) in [6, 6.07) is 3.07. The third-order valence-corrected chi connectivity index (χ3v) is 3.74. The van der Waals surface area contributed by atoms with Crippen molar-refractivity contribution in [2.24, 2.45) is 0 Å². The van der Waals surface area contributed by atoms with E-state index in [1.807, 2.05) is 0 Å². The summed E-state index contributed by atoms with van der Waals surface area (Å²) in [7, 11) is 0. The van der Waals surface area contributed by atoms with E-state index in [4.69, 9.17) is 5.11 Å². The smallest absolute Gasteiger partial charge is 0.323 e. The number of amides is 1. The summed E-state index contributed by atoms with van der Waals surface area (Å²) in [4.78, 5) is 24.2. The van der Waals surface area contributed by atoms with Crippen LogP contribution in [0.25, 0.3) is 0 Å². The highest BCUT2D eigenvalue weighted by atomic mass is 79.9. The van der Waals surface area contributed by atoms with E-state index in [9.17, 15) is 14.7 Å². The highest BCUT2D eigenvalue weighted by Crippen LogP contribution is 2.45. The molecule has 1 aromatic carbocycles. The van der Waals surface area contributed by atoms with Gasteiger partial charge in [-0.05, 0) is 41.4 Å². The van der Waals surface area contributed by atoms with Gasteiger partial charge in [-0.1, -0.05) is 0 Å². The number of halogens is 1. The number of phenols is 1. The molecule has 96 valence electrons. The molecule has 1 aliphatic heterocycles. The summed E-state index contributed by atoms with van der Waals surface area (Å²) in [6.45, 7) is 3.06. The Bertz CT molecular complexity index is 553. The van der Waals surface area contributed by atoms with Gasteiger partial charge >= 0.3 is 5.97 Å². The van der Waals surface area contributed by atoms with Gasteiger partial charge in [0.05, 0.1) is 15.6 Å². The second kappa shape index (κ2) is 3.98. The van der Waals surface area contributed by atoms with Crippen molar-refractivity contribution in [3.05, 3.63) is 22.2 Å². The van der Waals surface area contributed by atoms with Crippen LogP contribution < -0.4 is 4.90 Å². The van der Waals surface area contributed by atoms with Crippen molar-refractivity contribution in [3.8, 4) is 5.75 Å². The van der Waals surface area contributed by atoms with Crippen molar-refractivity contribution in [3.63, 3.8) is 0 Å². The molecule has 0 spiro atoms. The molecule has 0 aromatic heterocycles. The van der Waals surface area contributed by atoms with Gasteiger partial charge in [-0.15, -0.1) is 0 Å². The molecule has 5 nitrogen and oxygen atoms in total. The summed E-state index contributed by atoms with van der Waals surface area (Å²) in [5, 5.41) is 18.5. The maximum atomic E-state index is 12.2. The Kier molecular flexibility index (Phi) is 2.85. The number of carbonyl (C=O) groups is 2. The van der Waals surface area contributed by atoms with Crippen LogP contribution in [0.15, 0.2) is 16.6 Å². The lowest BCUT2D eigenvalue weighted by Gasteiger charge is -2.18. The summed E-state index contributed by atoms with van der Waals surface area (Å²) >= 11 is 3.20. The van der Waals surface area contributed by atoms with Gasteiger partial charge in [-0.3, -0.25) is 9.59 Å². The van der Waals surface area contributed by atoms with E-state index >= 15 is 0 Å². The first-order valence-corrected chi connectivity index (χ1v) is 6.11. The SMILES string of the molecule is CC1(C)C(=O)N(CC(=O)O)c2cc(O)c(Br)cc21. The van der Waals surface area contributed by atoms with Crippen LogP contribution in [0.5, 0.6) is 5.75 Å². The molecule has 0 fully saturated rings. The van der Waals surface area contributed by atoms with Gasteiger partial charge in [0.15, 0.2) is 0 Å². The normalized spacial score (nSPS) is 16.8. The highest BCUT2D eigenvalue weighted by molar-refractivity contribution is 9.10. The minimum Gasteiger partial charge on any atom is -0.507 e. The minimum atomic E-state index is -1.09. The molecular weight excluding hydrogens is 302 g/mol. The van der Waals surface area contributed by atoms with Crippen molar-refractivity contribution < 1.29 is 19.8 Å². The number of hydrogen-bond donors (Lipinski definition) is 2. The van der Waals surface area contributed by atoms with Gasteiger partial charge in [0.25, 0.3) is 0 Å². The predicted molar refractivity (Wildman–Crippen MR) is 68.8 cm³/mol. The Hall–Kier alpha value is -1.56. The van der Waals surface area contributed by atoms with E-state index in [1.165, 1.54) is 11.0 Å². The molecular formula is C12H12BrNO4. The minimum absolute atomic E-state index is 0.0189. The molecule has 1 aromatic rings. The van der Waals surface area contributed by atoms with E-state index < -0.39 is 17.9 Å². The van der Waals surface area contributed by atoms with Crippen molar-refractivity contribution >= 4 is 33.5 Å². The number of fused-ring (bicyclic) bond motifs is 1. The standard InChI is InChI=1S/C12H12BrNO4/c1-12(2)6-3-7(13)9(15)4-8(6)14(11(12)18)5-10(16)17/h3-4,15H,5H2,1-2H3,(H,16,17). The number of hydrogen-bond acceptors (Lipinski definition) is 3. The molecule has 0 bridgehead atoms. The zero-order valence-electron chi connectivity index (χ0n) is 9.90. The molecule has 18 heavy (non-hydrogen) atoms. The number of aromatic hydroxyl groups is 1. The molecule has 1 amide bonds. The van der Waals surface area contributed by atoms with Gasteiger partial charge in [-0.25, -0.2) is 0 Å². The summed E-state index contributed by atoms with van der Waals surface area (Å²) in [5.74, 6) is -1.39. The second-order valence-electron chi connectivity index (χ2n) is 4.73. The van der Waals surface area contributed by atoms with Crippen LogP contribution in [-0.2, 0) is 15.0 Å². The van der Waals surface area contributed by atoms with Crippen LogP contribution in [0, 0.1) is 0 Å². The Balaban J connectivity index is 2.61. The van der Waals surface area contributed by atoms with Crippen LogP contribution in [0.4, 0.5) is 5.69 Å². The molecule has 0 aliphatic carbocycles. The summed E-state index contributed by atoms with van der Waals surface area (Å²) in [6.07, 6.45) is 0. The van der Waals surface area contributed by atoms with Crippen LogP contribution in [0.2, 0.25) is 0 Å². The fourth-order valence-corrected chi connectivity index (χ4v) is 2.47. The average molecular weight is 314 g/mol. The number of carbonyl (C=O) groups excluding carboxylic acids is 1. The number of rotatable bonds is 2. The van der Waals surface area contributed by atoms with Crippen LogP contribution in [-0.4, -0.2) is 28.6 Å². The monoisotopic (exact) mass is 313 g/mol. The van der Waals surface area contributed by atoms with Gasteiger partial charge in [-0.2, -0.15) is 0 Å². The number of aliphatic carboxylic acids is 1. The lowest BCUT2D eigenvalue weighted by Crippen LogP contribution is -2.39. The van der Waals surface area contributed by atoms with E-state index in [0.29, 0.717) is 15.7 Å². The van der Waals surface area contributed by atoms with Crippen molar-refractivity contribution in [2.75, 3.05) is 11.4 Å². The Morgan fingerprint density at radius 3 is 2.61 bits per heavy atom. The topological polar surface area (TPSA) is 77.8 Å². The number of benzene rings is 1. The molecule has 1 heterocycles. The Morgan fingerprint density at radius 1 is 1.44 bits per heavy atom. The molecule has 0 radical (unpaired) electrons. The van der Waals surface area contributed by atoms with Crippen molar-refractivity contribution in [1.82, 2.24) is 0 Å². The van der Waals surface area contributed by atoms with Crippen LogP contribution in [0.1, 0.15) is 19.4 Å². The molecule has 1 aliphatic rings. The first kappa shape index (κ1) is 12.9. The third kappa shape index (κ3) is 1.77. The maximum absolute atomic E-state index is 12.2. The maximum Gasteiger partial charge on any atom is 0.323 e. The van der Waals surface area contributed by atoms with Crippen molar-refractivity contribution in [1.29, 1.82) is 0 Å². The van der Waals surface area contributed by atoms with E-state index in [1.54, 1.807) is 19.9 Å². The predicted octanol–water partition coefficient (Wildman–Crippen LogP) is 1.86. The van der Waals surface area contributed by atoms with Gasteiger partial charge in [0, 0.05) is 6.07 Å². The fraction of sp³-hybridized carbons (Fsp3) is 0.333. The second-order valence-corrected chi connectivity index (χ2v) is 5.59. The first-order chi connectivity index (χ1) is 8.25. The zero-order chi connectivity index (χ0) is 13.7. The number of anilines is 1. The molecule has 0 saturated carbocycles. The van der Waals surface area contributed by atoms with E-state index in [-0.39, 0.29) is 11.7 Å². The Labute approximate surface area is 112 Å². The van der Waals surface area contributed by atoms with E-state index in [0.717, 1.165) is 0 Å². The number of carboxylic acid groups (broad SMARTS) is 1. The van der Waals surface area contributed by atoms with Gasteiger partial charge in [0.2, 0.25) is 5.91 Å². The highest BCUT2D eigenvalue weighted by Gasteiger charge is 2.44. The van der Waals surface area contributed by atoms with E-state index in [2.05, 4.69) is 15.9 Å². The zero-order valence-corrected chi connectivity index (χ0v) is 11.5. The summed E-state index contributed by atoms with van der Waals surface area (Å²) < 4.78 is 0.485. The van der Waals surface area contributed by atoms with Crippen LogP contribution in [0.3, 0.4) is 0 Å². The summed E-state index contributed by atoms with van der Waals surface area (Å²) in [5.41, 5.74) is 0.368. The largest absolute Gasteiger partial charge is 0.507 e. The number of nitrogens with zero attached hydrogens (tertiary/aromatic N) is 1.